The number of benzene rings is 1. The number of Topliss-reactive ketones (excluding diaryl/α,β-unsaturated/α-hetero) is 1. The molecule has 10 atom stereocenters. The van der Waals surface area contributed by atoms with Gasteiger partial charge in [0.15, 0.2) is 11.4 Å². The van der Waals surface area contributed by atoms with Gasteiger partial charge >= 0.3 is 5.97 Å². The van der Waals surface area contributed by atoms with E-state index in [1.807, 2.05) is 27.7 Å². The molecule has 1 heterocycles. The largest absolute Gasteiger partial charge is 0.448 e. The van der Waals surface area contributed by atoms with Crippen molar-refractivity contribution in [2.24, 2.45) is 44.3 Å². The van der Waals surface area contributed by atoms with Crippen LogP contribution in [0.2, 0.25) is 5.02 Å². The third kappa shape index (κ3) is 4.18. The molecule has 5 fully saturated rings. The topological polar surface area (TPSA) is 104 Å². The summed E-state index contributed by atoms with van der Waals surface area (Å²) < 4.78 is 21.2. The summed E-state index contributed by atoms with van der Waals surface area (Å²) in [7, 11) is 0. The molecule has 7 aliphatic carbocycles. The minimum Gasteiger partial charge on any atom is -0.448 e. The van der Waals surface area contributed by atoms with Gasteiger partial charge in [0.2, 0.25) is 0 Å². The van der Waals surface area contributed by atoms with E-state index in [4.69, 9.17) is 16.3 Å². The molecule has 1 aromatic carbocycles. The maximum Gasteiger partial charge on any atom is 0.313 e. The van der Waals surface area contributed by atoms with Crippen LogP contribution in [0.15, 0.2) is 42.0 Å². The van der Waals surface area contributed by atoms with Crippen LogP contribution in [0.4, 0.5) is 4.39 Å². The zero-order valence-electron chi connectivity index (χ0n) is 31.6. The lowest BCUT2D eigenvalue weighted by atomic mass is 9.32. The lowest BCUT2D eigenvalue weighted by molar-refractivity contribution is -0.188. The van der Waals surface area contributed by atoms with Gasteiger partial charge < -0.3 is 19.8 Å². The number of rotatable bonds is 8. The number of halogens is 2. The molecule has 4 bridgehead atoms. The molecule has 7 nitrogen and oxygen atoms in total. The predicted octanol–water partition coefficient (Wildman–Crippen LogP) is 7.54. The van der Waals surface area contributed by atoms with Crippen LogP contribution in [0.5, 0.6) is 0 Å². The number of hydrogen-bond donors (Lipinski definition) is 2. The highest BCUT2D eigenvalue weighted by Crippen LogP contribution is 2.78. The summed E-state index contributed by atoms with van der Waals surface area (Å²) >= 11 is 6.48. The Labute approximate surface area is 312 Å². The molecule has 4 saturated carbocycles. The van der Waals surface area contributed by atoms with Crippen LogP contribution in [0.1, 0.15) is 111 Å². The number of aliphatic hydroxyl groups excluding tert-OH is 1. The SMILES string of the molecule is CCCN(C[C@]1(O)CC[C@H]2[C@]34C=C[C@@]5(C=C3C(=O)Cc3c(F)cccc3Cl)CC(O)CC[C@]5(C)[C@H]4CC[C@@]21C)C(=O)[C@@]12CC[C@@](C)(C(=O)O1)C2(C)C. The quantitative estimate of drug-likeness (QED) is 0.211. The van der Waals surface area contributed by atoms with Crippen molar-refractivity contribution in [2.75, 3.05) is 13.1 Å². The predicted molar refractivity (Wildman–Crippen MR) is 195 cm³/mol. The fourth-order valence-electron chi connectivity index (χ4n) is 13.4. The molecule has 2 spiro atoms. The zero-order valence-corrected chi connectivity index (χ0v) is 32.4. The molecule has 9 heteroatoms. The van der Waals surface area contributed by atoms with Crippen LogP contribution >= 0.6 is 11.6 Å². The van der Waals surface area contributed by atoms with Gasteiger partial charge in [0.1, 0.15) is 5.82 Å². The lowest BCUT2D eigenvalue weighted by Gasteiger charge is -2.71. The maximum absolute atomic E-state index is 15.2. The minimum atomic E-state index is -1.27. The fourth-order valence-corrected chi connectivity index (χ4v) is 13.7. The van der Waals surface area contributed by atoms with Crippen molar-refractivity contribution in [1.82, 2.24) is 4.90 Å². The second-order valence-corrected chi connectivity index (χ2v) is 19.4. The van der Waals surface area contributed by atoms with Crippen molar-refractivity contribution in [1.29, 1.82) is 0 Å². The average molecular weight is 736 g/mol. The van der Waals surface area contributed by atoms with Crippen LogP contribution in [0, 0.1) is 50.1 Å². The molecule has 282 valence electrons. The maximum atomic E-state index is 15.2. The molecular formula is C43H55ClFNO6. The standard InChI is InChI=1S/C43H55ClFNO6/c1-7-21-46(34(49)43-20-17-39(6,35(50)52-43)36(43,2)3)25-41(51)16-13-33-38(41,5)15-12-32-37(4)14-11-26(47)23-40(37)18-19-42(32,33)28(24-40)31(48)22-27-29(44)9-8-10-30(27)45/h8-10,18-19,24,26,32-33,47,51H,7,11-17,20-23,25H2,1-6H3/t26?,32-,33-,37-,38+,39+,40+,41-,42-,43-/m1/s1. The summed E-state index contributed by atoms with van der Waals surface area (Å²) in [5.41, 5.74) is -5.21. The van der Waals surface area contributed by atoms with E-state index in [0.717, 1.165) is 19.3 Å². The van der Waals surface area contributed by atoms with Crippen LogP contribution in [-0.4, -0.2) is 63.2 Å². The summed E-state index contributed by atoms with van der Waals surface area (Å²) in [6.45, 7) is 12.9. The van der Waals surface area contributed by atoms with Gasteiger partial charge in [-0.15, -0.1) is 0 Å². The Morgan fingerprint density at radius 3 is 2.33 bits per heavy atom. The van der Waals surface area contributed by atoms with Crippen molar-refractivity contribution < 1.29 is 33.7 Å². The molecule has 1 aromatic rings. The van der Waals surface area contributed by atoms with E-state index in [9.17, 15) is 24.6 Å². The highest BCUT2D eigenvalue weighted by Gasteiger charge is 2.78. The third-order valence-electron chi connectivity index (χ3n) is 17.1. The van der Waals surface area contributed by atoms with E-state index in [-0.39, 0.29) is 58.5 Å². The first-order valence-corrected chi connectivity index (χ1v) is 20.0. The second kappa shape index (κ2) is 11.3. The van der Waals surface area contributed by atoms with Crippen LogP contribution in [0.25, 0.3) is 0 Å². The number of hydrogen-bond acceptors (Lipinski definition) is 6. The number of fused-ring (bicyclic) bond motifs is 3. The fraction of sp³-hybridized carbons (Fsp3) is 0.698. The molecule has 1 saturated heterocycles. The number of ether oxygens (including phenoxy) is 1. The van der Waals surface area contributed by atoms with Crippen LogP contribution in [-0.2, 0) is 25.5 Å². The van der Waals surface area contributed by atoms with Crippen molar-refractivity contribution in [3.05, 3.63) is 58.4 Å². The van der Waals surface area contributed by atoms with Crippen molar-refractivity contribution in [2.45, 2.75) is 129 Å². The molecule has 1 unspecified atom stereocenters. The zero-order chi connectivity index (χ0) is 37.5. The van der Waals surface area contributed by atoms with Gasteiger partial charge in [-0.1, -0.05) is 70.5 Å². The first kappa shape index (κ1) is 36.4. The van der Waals surface area contributed by atoms with Gasteiger partial charge in [0.25, 0.3) is 5.91 Å². The molecule has 0 aromatic heterocycles. The van der Waals surface area contributed by atoms with Crippen LogP contribution < -0.4 is 0 Å². The summed E-state index contributed by atoms with van der Waals surface area (Å²) in [4.78, 5) is 44.5. The highest BCUT2D eigenvalue weighted by atomic mass is 35.5. The minimum absolute atomic E-state index is 0.0834. The van der Waals surface area contributed by atoms with Gasteiger partial charge in [-0.3, -0.25) is 14.4 Å². The number of esters is 1. The molecule has 0 radical (unpaired) electrons. The van der Waals surface area contributed by atoms with E-state index in [1.54, 1.807) is 17.0 Å². The summed E-state index contributed by atoms with van der Waals surface area (Å²) in [5.74, 6) is -1.25. The molecule has 1 aliphatic heterocycles. The first-order chi connectivity index (χ1) is 24.3. The Morgan fingerprint density at radius 2 is 1.67 bits per heavy atom. The monoisotopic (exact) mass is 735 g/mol. The molecular weight excluding hydrogens is 681 g/mol. The Balaban J connectivity index is 1.19. The Kier molecular flexibility index (Phi) is 7.88. The number of carbonyl (C=O) groups is 3. The van der Waals surface area contributed by atoms with Gasteiger partial charge in [0.05, 0.1) is 23.7 Å². The van der Waals surface area contributed by atoms with Gasteiger partial charge in [-0.2, -0.15) is 0 Å². The smallest absolute Gasteiger partial charge is 0.313 e. The summed E-state index contributed by atoms with van der Waals surface area (Å²) in [5, 5.41) is 24.3. The number of nitrogens with zero attached hydrogens (tertiary/aromatic N) is 1. The highest BCUT2D eigenvalue weighted by molar-refractivity contribution is 6.31. The Hall–Kier alpha value is -2.55. The van der Waals surface area contributed by atoms with Gasteiger partial charge in [-0.05, 0) is 101 Å². The number of ketones is 1. The van der Waals surface area contributed by atoms with Crippen molar-refractivity contribution >= 4 is 29.3 Å². The summed E-state index contributed by atoms with van der Waals surface area (Å²) in [6.07, 6.45) is 12.4. The third-order valence-corrected chi connectivity index (χ3v) is 17.4. The number of amides is 1. The molecule has 9 rings (SSSR count). The summed E-state index contributed by atoms with van der Waals surface area (Å²) in [6, 6.07) is 4.49. The molecule has 52 heavy (non-hydrogen) atoms. The van der Waals surface area contributed by atoms with Crippen molar-refractivity contribution in [3.63, 3.8) is 0 Å². The van der Waals surface area contributed by atoms with E-state index >= 15 is 4.39 Å². The average Bonchev–Trinajstić information content (AvgIpc) is 3.54. The normalized spacial score (nSPS) is 44.8. The van der Waals surface area contributed by atoms with E-state index in [1.165, 1.54) is 6.07 Å². The number of allylic oxidation sites excluding steroid dienone is 4. The Morgan fingerprint density at radius 1 is 0.981 bits per heavy atom. The van der Waals surface area contributed by atoms with Crippen molar-refractivity contribution in [3.8, 4) is 0 Å². The van der Waals surface area contributed by atoms with Gasteiger partial charge in [-0.25, -0.2) is 4.39 Å². The molecule has 8 aliphatic rings. The van der Waals surface area contributed by atoms with E-state index in [2.05, 4.69) is 32.1 Å². The molecule has 2 N–H and O–H groups in total. The lowest BCUT2D eigenvalue weighted by Crippen LogP contribution is -2.68. The Bertz CT molecular complexity index is 1810. The number of carbonyl (C=O) groups excluding carboxylic acids is 3. The van der Waals surface area contributed by atoms with Gasteiger partial charge in [0, 0.05) is 50.8 Å². The second-order valence-electron chi connectivity index (χ2n) is 19.0. The number of aliphatic hydroxyl groups is 2. The first-order valence-electron chi connectivity index (χ1n) is 19.6. The van der Waals surface area contributed by atoms with Crippen LogP contribution in [0.3, 0.4) is 0 Å². The molecule has 1 amide bonds. The van der Waals surface area contributed by atoms with E-state index < -0.39 is 50.2 Å². The van der Waals surface area contributed by atoms with E-state index in [0.29, 0.717) is 57.1 Å².